The molecule has 0 aliphatic rings. The molecule has 0 aliphatic heterocycles. The summed E-state index contributed by atoms with van der Waals surface area (Å²) in [7, 11) is 1.79. The van der Waals surface area contributed by atoms with Crippen molar-refractivity contribution < 1.29 is 46.4 Å². The van der Waals surface area contributed by atoms with Crippen LogP contribution < -0.4 is 26.2 Å². The van der Waals surface area contributed by atoms with Gasteiger partial charge in [-0.25, -0.2) is 45.3 Å². The average molecular weight is 1110 g/mol. The Labute approximate surface area is 443 Å². The van der Waals surface area contributed by atoms with E-state index in [1.165, 1.54) is 77.3 Å². The summed E-state index contributed by atoms with van der Waals surface area (Å²) in [6.45, 7) is 2.53. The number of carbonyl (C=O) groups excluding carboxylic acids is 6. The number of Topliss-reactive ketones (excluding diaryl/α,β-unsaturated/α-hetero) is 5. The number of aryl methyl sites for hydroxylation is 2. The van der Waals surface area contributed by atoms with Gasteiger partial charge in [-0.1, -0.05) is 14.9 Å². The van der Waals surface area contributed by atoms with Crippen LogP contribution in [-0.2, 0) is 39.0 Å². The van der Waals surface area contributed by atoms with E-state index in [2.05, 4.69) is 66.1 Å². The van der Waals surface area contributed by atoms with E-state index in [0.29, 0.717) is 94.0 Å². The number of hydrazine groups is 1. The zero-order valence-electron chi connectivity index (χ0n) is 38.3. The third-order valence-electron chi connectivity index (χ3n) is 9.97. The molecule has 0 radical (unpaired) electrons. The van der Waals surface area contributed by atoms with Crippen molar-refractivity contribution in [1.82, 2.24) is 66.1 Å². The van der Waals surface area contributed by atoms with Crippen LogP contribution in [0, 0.1) is 0 Å². The molecule has 0 unspecified atom stereocenters. The summed E-state index contributed by atoms with van der Waals surface area (Å²) in [6, 6.07) is 0. The lowest BCUT2D eigenvalue weighted by atomic mass is 10.1. The monoisotopic (exact) mass is 1110 g/mol. The van der Waals surface area contributed by atoms with Crippen LogP contribution in [0.25, 0.3) is 22.3 Å². The summed E-state index contributed by atoms with van der Waals surface area (Å²) < 4.78 is 21.6. The van der Waals surface area contributed by atoms with Crippen LogP contribution in [0.5, 0.6) is 0 Å². The standard InChI is InChI=1S/C44H43N13O10S5.2CH4/c1-23(58)24-15-64-36(49-24)7-3-5-32(59)25-16-65-38(50-25)12-46-9-34(61)26-17-67-42(55-26)30-21-70-41(53-30)14-48-57-72-44(63)31-22-68-39(54-31)8-4-6-33(60)28-19-69-40(52-28)13-47-10-35(62)29-20-71-43(56-29)27-18-66-37(51-27)11-45-2;;/h15-22,45-48,57H,3-14H2,1-2H3;2*1H4. The minimum atomic E-state index is -0.344. The summed E-state index contributed by atoms with van der Waals surface area (Å²) in [5.41, 5.74) is 5.45. The molecule has 0 fully saturated rings. The highest BCUT2D eigenvalue weighted by Crippen LogP contribution is 2.25. The molecule has 23 nitrogen and oxygen atoms in total. The van der Waals surface area contributed by atoms with Crippen molar-refractivity contribution in [2.24, 2.45) is 0 Å². The number of oxazole rings is 4. The van der Waals surface area contributed by atoms with Gasteiger partial charge in [0.05, 0.1) is 37.7 Å². The number of ketones is 5. The van der Waals surface area contributed by atoms with Gasteiger partial charge in [-0.05, 0) is 26.3 Å². The maximum Gasteiger partial charge on any atom is 0.254 e. The summed E-state index contributed by atoms with van der Waals surface area (Å²) in [5, 5.41) is 18.2. The number of hydrogen-bond acceptors (Lipinski definition) is 28. The second-order valence-corrected chi connectivity index (χ2v) is 19.8. The first-order valence-electron chi connectivity index (χ1n) is 21.9. The van der Waals surface area contributed by atoms with Gasteiger partial charge in [0.15, 0.2) is 34.8 Å². The van der Waals surface area contributed by atoms with E-state index >= 15 is 0 Å². The van der Waals surface area contributed by atoms with Crippen molar-refractivity contribution in [2.75, 3.05) is 20.1 Å². The predicted molar refractivity (Wildman–Crippen MR) is 277 cm³/mol. The number of hydrogen-bond donors (Lipinski definition) is 5. The summed E-state index contributed by atoms with van der Waals surface area (Å²) in [6.07, 6.45) is 7.66. The number of thiazole rings is 4. The van der Waals surface area contributed by atoms with Gasteiger partial charge in [-0.15, -0.1) is 45.3 Å². The molecule has 0 aromatic carbocycles. The van der Waals surface area contributed by atoms with E-state index in [9.17, 15) is 28.8 Å². The van der Waals surface area contributed by atoms with Crippen molar-refractivity contribution in [1.29, 1.82) is 0 Å². The van der Waals surface area contributed by atoms with Crippen LogP contribution >= 0.6 is 57.3 Å². The quantitative estimate of drug-likeness (QED) is 0.0126. The van der Waals surface area contributed by atoms with Crippen LogP contribution in [0.4, 0.5) is 0 Å². The van der Waals surface area contributed by atoms with Gasteiger partial charge in [-0.2, -0.15) is 4.83 Å². The molecule has 0 bridgehead atoms. The van der Waals surface area contributed by atoms with Crippen molar-refractivity contribution in [2.45, 2.75) is 86.5 Å². The van der Waals surface area contributed by atoms with Gasteiger partial charge in [0.1, 0.15) is 85.6 Å². The maximum atomic E-state index is 12.9. The molecule has 0 spiro atoms. The lowest BCUT2D eigenvalue weighted by Crippen LogP contribution is -2.26. The first-order chi connectivity index (χ1) is 35.0. The normalized spacial score (nSPS) is 11.1. The summed E-state index contributed by atoms with van der Waals surface area (Å²) in [4.78, 5) is 113. The lowest BCUT2D eigenvalue weighted by molar-refractivity contribution is 0.0967. The second-order valence-electron chi connectivity index (χ2n) is 15.4. The SMILES string of the molecule is C.C.CNCc1nc(-c2nc(C(=O)CNCc3nc(C(=O)CCCc4nc(C(=O)SNNCc5nc(-c6nc(C(=O)CNCc7nc(C(=O)CCCc8nc(C(C)=O)co8)co7)co6)cs5)cs4)cs3)cs2)co1. The van der Waals surface area contributed by atoms with Gasteiger partial charge in [0.25, 0.3) is 5.12 Å². The van der Waals surface area contributed by atoms with Crippen molar-refractivity contribution >= 4 is 91.3 Å². The molecule has 390 valence electrons. The third kappa shape index (κ3) is 15.8. The Balaban J connectivity index is 0.00000446. The second kappa shape index (κ2) is 27.7. The molecule has 28 heteroatoms. The average Bonchev–Trinajstić information content (AvgIpc) is 4.21. The minimum Gasteiger partial charge on any atom is -0.448 e. The molecular formula is C46H51N13O10S5. The molecule has 74 heavy (non-hydrogen) atoms. The molecule has 8 aromatic rings. The van der Waals surface area contributed by atoms with E-state index < -0.39 is 0 Å². The van der Waals surface area contributed by atoms with Gasteiger partial charge >= 0.3 is 0 Å². The summed E-state index contributed by atoms with van der Waals surface area (Å²) in [5.74, 6) is 0.274. The highest BCUT2D eigenvalue weighted by atomic mass is 32.2. The third-order valence-corrected chi connectivity index (χ3v) is 14.1. The minimum absolute atomic E-state index is 0. The summed E-state index contributed by atoms with van der Waals surface area (Å²) >= 11 is 6.17. The van der Waals surface area contributed by atoms with E-state index in [0.717, 1.165) is 17.0 Å². The van der Waals surface area contributed by atoms with Crippen LogP contribution in [0.2, 0.25) is 0 Å². The maximum absolute atomic E-state index is 12.9. The van der Waals surface area contributed by atoms with Crippen LogP contribution in [0.15, 0.2) is 64.2 Å². The van der Waals surface area contributed by atoms with Crippen molar-refractivity contribution in [3.63, 3.8) is 0 Å². The number of aromatic nitrogens is 8. The Hall–Kier alpha value is -6.47. The zero-order valence-corrected chi connectivity index (χ0v) is 42.4. The molecule has 8 aromatic heterocycles. The Morgan fingerprint density at radius 2 is 1.12 bits per heavy atom. The topological polar surface area (TPSA) is 318 Å². The molecule has 5 N–H and O–H groups in total. The Kier molecular flexibility index (Phi) is 21.3. The van der Waals surface area contributed by atoms with E-state index in [4.69, 9.17) is 17.7 Å². The van der Waals surface area contributed by atoms with Gasteiger partial charge in [0.2, 0.25) is 17.7 Å². The van der Waals surface area contributed by atoms with Crippen molar-refractivity contribution in [3.8, 4) is 22.3 Å². The fraction of sp³-hybridized carbons (Fsp3) is 0.348. The van der Waals surface area contributed by atoms with Crippen LogP contribution in [0.1, 0.15) is 143 Å². The Morgan fingerprint density at radius 3 is 1.92 bits per heavy atom. The Morgan fingerprint density at radius 1 is 0.527 bits per heavy atom. The predicted octanol–water partition coefficient (Wildman–Crippen LogP) is 7.43. The molecule has 0 atom stereocenters. The molecule has 0 saturated carbocycles. The van der Waals surface area contributed by atoms with Gasteiger partial charge in [0, 0.05) is 66.2 Å². The molecule has 0 amide bonds. The van der Waals surface area contributed by atoms with E-state index in [1.807, 2.05) is 0 Å². The Bertz CT molecular complexity index is 3160. The number of nitrogens with one attached hydrogen (secondary N) is 5. The highest BCUT2D eigenvalue weighted by Gasteiger charge is 2.20. The fourth-order valence-electron chi connectivity index (χ4n) is 6.37. The van der Waals surface area contributed by atoms with E-state index in [1.54, 1.807) is 28.6 Å². The molecule has 8 heterocycles. The zero-order chi connectivity index (χ0) is 50.4. The number of nitrogens with zero attached hydrogens (tertiary/aromatic N) is 8. The van der Waals surface area contributed by atoms with Crippen molar-refractivity contribution in [3.05, 3.63) is 113 Å². The van der Waals surface area contributed by atoms with Crippen LogP contribution in [-0.4, -0.2) is 94.0 Å². The lowest BCUT2D eigenvalue weighted by Gasteiger charge is -2.02. The van der Waals surface area contributed by atoms with Gasteiger partial charge in [-0.3, -0.25) is 28.8 Å². The van der Waals surface area contributed by atoms with Gasteiger partial charge < -0.3 is 33.6 Å². The number of rotatable bonds is 30. The first-order valence-corrected chi connectivity index (χ1v) is 26.3. The van der Waals surface area contributed by atoms with Crippen LogP contribution in [0.3, 0.4) is 0 Å². The smallest absolute Gasteiger partial charge is 0.254 e. The molecular weight excluding hydrogens is 1050 g/mol. The largest absolute Gasteiger partial charge is 0.448 e. The molecule has 0 aliphatic carbocycles. The molecule has 0 saturated heterocycles. The number of carbonyl (C=O) groups is 6. The highest BCUT2D eigenvalue weighted by molar-refractivity contribution is 8.12. The first kappa shape index (κ1) is 56.8. The fourth-order valence-corrected chi connectivity index (χ4v) is 9.96. The van der Waals surface area contributed by atoms with E-state index in [-0.39, 0.29) is 117 Å². The molecule has 8 rings (SSSR count).